The molecule has 0 atom stereocenters. The van der Waals surface area contributed by atoms with Crippen LogP contribution in [0.15, 0.2) is 18.3 Å². The number of aromatic nitrogens is 1. The Morgan fingerprint density at radius 3 is 2.48 bits per heavy atom. The predicted molar refractivity (Wildman–Crippen MR) is 84.7 cm³/mol. The van der Waals surface area contributed by atoms with E-state index in [0.717, 1.165) is 44.0 Å². The van der Waals surface area contributed by atoms with E-state index in [4.69, 9.17) is 0 Å². The number of hydrogen-bond acceptors (Lipinski definition) is 5. The van der Waals surface area contributed by atoms with Crippen LogP contribution in [0.4, 0.5) is 5.82 Å². The molecule has 2 heterocycles. The van der Waals surface area contributed by atoms with E-state index < -0.39 is 10.0 Å². The van der Waals surface area contributed by atoms with Gasteiger partial charge >= 0.3 is 0 Å². The van der Waals surface area contributed by atoms with Crippen LogP contribution in [-0.2, 0) is 16.6 Å². The number of nitrogens with zero attached hydrogens (tertiary/aromatic N) is 3. The maximum Gasteiger partial charge on any atom is 0.211 e. The highest BCUT2D eigenvalue weighted by molar-refractivity contribution is 7.88. The quantitative estimate of drug-likeness (QED) is 0.848. The highest BCUT2D eigenvalue weighted by Gasteiger charge is 2.23. The summed E-state index contributed by atoms with van der Waals surface area (Å²) in [6.45, 7) is 6.55. The summed E-state index contributed by atoms with van der Waals surface area (Å²) in [5.41, 5.74) is 1.16. The van der Waals surface area contributed by atoms with Crippen molar-refractivity contribution in [2.45, 2.75) is 19.9 Å². The molecule has 0 aromatic carbocycles. The van der Waals surface area contributed by atoms with Crippen LogP contribution in [0.2, 0.25) is 0 Å². The van der Waals surface area contributed by atoms with Gasteiger partial charge in [0.1, 0.15) is 5.82 Å². The molecule has 0 spiro atoms. The smallest absolute Gasteiger partial charge is 0.211 e. The summed E-state index contributed by atoms with van der Waals surface area (Å²) >= 11 is 0. The number of piperazine rings is 1. The number of sulfonamides is 1. The van der Waals surface area contributed by atoms with Gasteiger partial charge in [-0.05, 0) is 18.1 Å². The number of pyridine rings is 1. The molecule has 2 rings (SSSR count). The van der Waals surface area contributed by atoms with E-state index in [-0.39, 0.29) is 0 Å². The first-order chi connectivity index (χ1) is 9.99. The second-order valence-corrected chi connectivity index (χ2v) is 7.40. The number of nitrogens with one attached hydrogen (secondary N) is 1. The van der Waals surface area contributed by atoms with Crippen molar-refractivity contribution >= 4 is 15.8 Å². The van der Waals surface area contributed by atoms with E-state index in [1.807, 2.05) is 12.3 Å². The lowest BCUT2D eigenvalue weighted by Gasteiger charge is -2.33. The molecular formula is C14H24N4O2S. The van der Waals surface area contributed by atoms with Crippen molar-refractivity contribution in [3.63, 3.8) is 0 Å². The maximum atomic E-state index is 11.5. The standard InChI is InChI=1S/C14H24N4O2S/c1-3-6-15-14-5-4-13(11-16-14)12-17-7-9-18(10-8-17)21(2,19)20/h4-5,11H,3,6-10,12H2,1-2H3,(H,15,16). The lowest BCUT2D eigenvalue weighted by atomic mass is 10.2. The molecule has 1 aliphatic rings. The molecular weight excluding hydrogens is 288 g/mol. The second kappa shape index (κ2) is 7.20. The first-order valence-electron chi connectivity index (χ1n) is 7.35. The highest BCUT2D eigenvalue weighted by Crippen LogP contribution is 2.11. The van der Waals surface area contributed by atoms with Gasteiger partial charge < -0.3 is 5.32 Å². The Hall–Kier alpha value is -1.18. The van der Waals surface area contributed by atoms with E-state index in [9.17, 15) is 8.42 Å². The van der Waals surface area contributed by atoms with Crippen LogP contribution in [0.3, 0.4) is 0 Å². The van der Waals surface area contributed by atoms with E-state index in [2.05, 4.69) is 28.2 Å². The SMILES string of the molecule is CCCNc1ccc(CN2CCN(S(C)(=O)=O)CC2)cn1. The number of rotatable bonds is 6. The van der Waals surface area contributed by atoms with Gasteiger partial charge in [-0.25, -0.2) is 13.4 Å². The Kier molecular flexibility index (Phi) is 5.55. The van der Waals surface area contributed by atoms with Crippen molar-refractivity contribution in [3.05, 3.63) is 23.9 Å². The molecule has 0 amide bonds. The summed E-state index contributed by atoms with van der Waals surface area (Å²) in [5.74, 6) is 0.905. The summed E-state index contributed by atoms with van der Waals surface area (Å²) < 4.78 is 24.5. The van der Waals surface area contributed by atoms with Gasteiger partial charge in [0.05, 0.1) is 6.26 Å². The first-order valence-corrected chi connectivity index (χ1v) is 9.20. The molecule has 0 radical (unpaired) electrons. The van der Waals surface area contributed by atoms with Crippen molar-refractivity contribution in [1.29, 1.82) is 0 Å². The van der Waals surface area contributed by atoms with Crippen LogP contribution in [0.1, 0.15) is 18.9 Å². The molecule has 6 nitrogen and oxygen atoms in total. The minimum absolute atomic E-state index is 0.572. The molecule has 1 aromatic rings. The monoisotopic (exact) mass is 312 g/mol. The molecule has 1 aliphatic heterocycles. The van der Waals surface area contributed by atoms with Crippen LogP contribution >= 0.6 is 0 Å². The summed E-state index contributed by atoms with van der Waals surface area (Å²) in [7, 11) is -3.05. The Labute approximate surface area is 127 Å². The molecule has 0 aliphatic carbocycles. The van der Waals surface area contributed by atoms with Crippen molar-refractivity contribution in [2.24, 2.45) is 0 Å². The Balaban J connectivity index is 1.83. The molecule has 0 bridgehead atoms. The highest BCUT2D eigenvalue weighted by atomic mass is 32.2. The third-order valence-electron chi connectivity index (χ3n) is 3.59. The molecule has 118 valence electrons. The molecule has 1 aromatic heterocycles. The van der Waals surface area contributed by atoms with Gasteiger partial charge in [0.15, 0.2) is 0 Å². The second-order valence-electron chi connectivity index (χ2n) is 5.42. The zero-order valence-electron chi connectivity index (χ0n) is 12.7. The predicted octanol–water partition coefficient (Wildman–Crippen LogP) is 0.981. The van der Waals surface area contributed by atoms with Gasteiger partial charge in [0.25, 0.3) is 0 Å². The average molecular weight is 312 g/mol. The lowest BCUT2D eigenvalue weighted by molar-refractivity contribution is 0.182. The van der Waals surface area contributed by atoms with Gasteiger partial charge in [-0.15, -0.1) is 0 Å². The summed E-state index contributed by atoms with van der Waals surface area (Å²) in [6, 6.07) is 4.08. The molecule has 1 saturated heterocycles. The van der Waals surface area contributed by atoms with Crippen molar-refractivity contribution in [3.8, 4) is 0 Å². The minimum atomic E-state index is -3.05. The fourth-order valence-corrected chi connectivity index (χ4v) is 3.18. The van der Waals surface area contributed by atoms with Crippen molar-refractivity contribution in [2.75, 3.05) is 44.3 Å². The van der Waals surface area contributed by atoms with Gasteiger partial charge in [-0.1, -0.05) is 13.0 Å². The summed E-state index contributed by atoms with van der Waals surface area (Å²) in [4.78, 5) is 6.65. The third kappa shape index (κ3) is 4.94. The van der Waals surface area contributed by atoms with E-state index >= 15 is 0 Å². The Morgan fingerprint density at radius 2 is 1.95 bits per heavy atom. The van der Waals surface area contributed by atoms with Gasteiger partial charge in [0, 0.05) is 45.5 Å². The van der Waals surface area contributed by atoms with E-state index in [1.54, 1.807) is 4.31 Å². The third-order valence-corrected chi connectivity index (χ3v) is 4.89. The average Bonchev–Trinajstić information content (AvgIpc) is 2.46. The molecule has 0 unspecified atom stereocenters. The fourth-order valence-electron chi connectivity index (χ4n) is 2.35. The van der Waals surface area contributed by atoms with Crippen molar-refractivity contribution < 1.29 is 8.42 Å². The zero-order valence-corrected chi connectivity index (χ0v) is 13.6. The van der Waals surface area contributed by atoms with Crippen LogP contribution in [-0.4, -0.2) is 61.6 Å². The molecule has 7 heteroatoms. The zero-order chi connectivity index (χ0) is 15.3. The van der Waals surface area contributed by atoms with Crippen LogP contribution in [0.25, 0.3) is 0 Å². The molecule has 21 heavy (non-hydrogen) atoms. The minimum Gasteiger partial charge on any atom is -0.370 e. The Bertz CT molecular complexity index is 537. The van der Waals surface area contributed by atoms with E-state index in [1.165, 1.54) is 6.26 Å². The van der Waals surface area contributed by atoms with E-state index in [0.29, 0.717) is 13.1 Å². The number of anilines is 1. The first kappa shape index (κ1) is 16.2. The van der Waals surface area contributed by atoms with Crippen LogP contribution in [0.5, 0.6) is 0 Å². The van der Waals surface area contributed by atoms with Gasteiger partial charge in [-0.3, -0.25) is 4.90 Å². The normalized spacial score (nSPS) is 17.8. The number of hydrogen-bond donors (Lipinski definition) is 1. The summed E-state index contributed by atoms with van der Waals surface area (Å²) in [6.07, 6.45) is 4.24. The van der Waals surface area contributed by atoms with Crippen molar-refractivity contribution in [1.82, 2.24) is 14.2 Å². The molecule has 0 saturated carbocycles. The Morgan fingerprint density at radius 1 is 1.24 bits per heavy atom. The van der Waals surface area contributed by atoms with Crippen LogP contribution in [0, 0.1) is 0 Å². The molecule has 1 N–H and O–H groups in total. The van der Waals surface area contributed by atoms with Gasteiger partial charge in [0.2, 0.25) is 10.0 Å². The van der Waals surface area contributed by atoms with Gasteiger partial charge in [-0.2, -0.15) is 4.31 Å². The fraction of sp³-hybridized carbons (Fsp3) is 0.643. The molecule has 1 fully saturated rings. The largest absolute Gasteiger partial charge is 0.370 e. The lowest BCUT2D eigenvalue weighted by Crippen LogP contribution is -2.47. The summed E-state index contributed by atoms with van der Waals surface area (Å²) in [5, 5.41) is 3.25. The van der Waals surface area contributed by atoms with Crippen LogP contribution < -0.4 is 5.32 Å². The topological polar surface area (TPSA) is 65.5 Å². The maximum absolute atomic E-state index is 11.5.